The standard InChI is InChI=1S/C12H12F3N3/c1-2-3-7-11(17-18-12(7)16)6-4-5-8(13)10(15)9(6)14/h4-5H,2-3H2,1H3,(H3,16,17,18). The maximum Gasteiger partial charge on any atom is 0.195 e. The molecule has 0 aliphatic heterocycles. The van der Waals surface area contributed by atoms with E-state index >= 15 is 0 Å². The van der Waals surface area contributed by atoms with Crippen LogP contribution in [0.5, 0.6) is 0 Å². The van der Waals surface area contributed by atoms with Crippen molar-refractivity contribution < 1.29 is 13.2 Å². The number of aromatic amines is 1. The van der Waals surface area contributed by atoms with Gasteiger partial charge < -0.3 is 5.73 Å². The van der Waals surface area contributed by atoms with E-state index in [0.717, 1.165) is 12.5 Å². The summed E-state index contributed by atoms with van der Waals surface area (Å²) in [6.45, 7) is 1.93. The van der Waals surface area contributed by atoms with Crippen LogP contribution in [0.25, 0.3) is 11.3 Å². The van der Waals surface area contributed by atoms with Crippen molar-refractivity contribution in [1.82, 2.24) is 10.2 Å². The van der Waals surface area contributed by atoms with Gasteiger partial charge in [-0.2, -0.15) is 5.10 Å². The number of nitrogens with two attached hydrogens (primary N) is 1. The number of hydrogen-bond acceptors (Lipinski definition) is 2. The molecule has 1 heterocycles. The van der Waals surface area contributed by atoms with E-state index in [0.29, 0.717) is 17.7 Å². The van der Waals surface area contributed by atoms with Crippen molar-refractivity contribution in [3.63, 3.8) is 0 Å². The Balaban J connectivity index is 2.59. The molecular weight excluding hydrogens is 243 g/mol. The molecule has 1 aromatic heterocycles. The number of anilines is 1. The van der Waals surface area contributed by atoms with Gasteiger partial charge in [-0.15, -0.1) is 0 Å². The van der Waals surface area contributed by atoms with E-state index in [4.69, 9.17) is 5.73 Å². The molecule has 3 nitrogen and oxygen atoms in total. The molecule has 0 aliphatic rings. The Morgan fingerprint density at radius 1 is 1.22 bits per heavy atom. The Bertz CT molecular complexity index is 578. The third-order valence-electron chi connectivity index (χ3n) is 2.70. The SMILES string of the molecule is CCCc1c(N)n[nH]c1-c1ccc(F)c(F)c1F. The Morgan fingerprint density at radius 2 is 1.94 bits per heavy atom. The van der Waals surface area contributed by atoms with Crippen LogP contribution in [0.3, 0.4) is 0 Å². The van der Waals surface area contributed by atoms with Crippen molar-refractivity contribution in [2.75, 3.05) is 5.73 Å². The van der Waals surface area contributed by atoms with Crippen LogP contribution in [-0.2, 0) is 6.42 Å². The highest BCUT2D eigenvalue weighted by Gasteiger charge is 2.19. The Labute approximate surface area is 102 Å². The molecule has 0 bridgehead atoms. The number of nitrogen functional groups attached to an aromatic ring is 1. The molecule has 0 amide bonds. The first-order valence-electron chi connectivity index (χ1n) is 5.52. The third kappa shape index (κ3) is 1.94. The van der Waals surface area contributed by atoms with Gasteiger partial charge in [-0.3, -0.25) is 5.10 Å². The van der Waals surface area contributed by atoms with E-state index < -0.39 is 17.5 Å². The van der Waals surface area contributed by atoms with E-state index in [1.165, 1.54) is 6.07 Å². The number of aromatic nitrogens is 2. The van der Waals surface area contributed by atoms with E-state index in [-0.39, 0.29) is 11.4 Å². The van der Waals surface area contributed by atoms with Gasteiger partial charge in [-0.25, -0.2) is 13.2 Å². The number of rotatable bonds is 3. The van der Waals surface area contributed by atoms with E-state index in [1.54, 1.807) is 0 Å². The summed E-state index contributed by atoms with van der Waals surface area (Å²) in [7, 11) is 0. The number of H-pyrrole nitrogens is 1. The fraction of sp³-hybridized carbons (Fsp3) is 0.250. The fourth-order valence-corrected chi connectivity index (χ4v) is 1.82. The molecule has 0 saturated carbocycles. The van der Waals surface area contributed by atoms with Gasteiger partial charge in [0, 0.05) is 11.1 Å². The van der Waals surface area contributed by atoms with E-state index in [1.807, 2.05) is 6.92 Å². The Morgan fingerprint density at radius 3 is 2.61 bits per heavy atom. The Kier molecular flexibility index (Phi) is 3.27. The van der Waals surface area contributed by atoms with E-state index in [2.05, 4.69) is 10.2 Å². The summed E-state index contributed by atoms with van der Waals surface area (Å²) in [5, 5.41) is 6.33. The number of halogens is 3. The minimum Gasteiger partial charge on any atom is -0.382 e. The largest absolute Gasteiger partial charge is 0.382 e. The van der Waals surface area contributed by atoms with Gasteiger partial charge in [-0.1, -0.05) is 13.3 Å². The quantitative estimate of drug-likeness (QED) is 0.828. The first kappa shape index (κ1) is 12.5. The molecule has 18 heavy (non-hydrogen) atoms. The number of nitrogens with zero attached hydrogens (tertiary/aromatic N) is 1. The van der Waals surface area contributed by atoms with Gasteiger partial charge in [0.25, 0.3) is 0 Å². The molecule has 96 valence electrons. The van der Waals surface area contributed by atoms with Gasteiger partial charge in [0.05, 0.1) is 5.69 Å². The van der Waals surface area contributed by atoms with Crippen molar-refractivity contribution in [2.24, 2.45) is 0 Å². The first-order valence-corrected chi connectivity index (χ1v) is 5.52. The highest BCUT2D eigenvalue weighted by atomic mass is 19.2. The minimum atomic E-state index is -1.50. The highest BCUT2D eigenvalue weighted by molar-refractivity contribution is 5.68. The molecule has 3 N–H and O–H groups in total. The van der Waals surface area contributed by atoms with Gasteiger partial charge in [-0.05, 0) is 18.6 Å². The van der Waals surface area contributed by atoms with Gasteiger partial charge in [0.1, 0.15) is 5.82 Å². The van der Waals surface area contributed by atoms with Crippen LogP contribution in [0, 0.1) is 17.5 Å². The van der Waals surface area contributed by atoms with Crippen LogP contribution in [0.4, 0.5) is 19.0 Å². The van der Waals surface area contributed by atoms with Crippen LogP contribution in [0.1, 0.15) is 18.9 Å². The summed E-state index contributed by atoms with van der Waals surface area (Å²) >= 11 is 0. The van der Waals surface area contributed by atoms with Crippen molar-refractivity contribution in [3.05, 3.63) is 35.1 Å². The Hall–Kier alpha value is -1.98. The number of nitrogens with one attached hydrogen (secondary N) is 1. The van der Waals surface area contributed by atoms with Crippen LogP contribution in [0.15, 0.2) is 12.1 Å². The molecule has 0 atom stereocenters. The molecule has 2 rings (SSSR count). The molecule has 0 fully saturated rings. The highest BCUT2D eigenvalue weighted by Crippen LogP contribution is 2.30. The molecule has 0 radical (unpaired) electrons. The van der Waals surface area contributed by atoms with Crippen LogP contribution >= 0.6 is 0 Å². The summed E-state index contributed by atoms with van der Waals surface area (Å²) in [6, 6.07) is 2.04. The molecule has 0 aliphatic carbocycles. The predicted molar refractivity (Wildman–Crippen MR) is 62.3 cm³/mol. The summed E-state index contributed by atoms with van der Waals surface area (Å²) in [6.07, 6.45) is 1.36. The van der Waals surface area contributed by atoms with Gasteiger partial charge >= 0.3 is 0 Å². The smallest absolute Gasteiger partial charge is 0.195 e. The maximum absolute atomic E-state index is 13.7. The molecule has 0 spiro atoms. The average Bonchev–Trinajstić information content (AvgIpc) is 2.70. The predicted octanol–water partition coefficient (Wildman–Crippen LogP) is 3.03. The zero-order chi connectivity index (χ0) is 13.3. The lowest BCUT2D eigenvalue weighted by atomic mass is 10.0. The van der Waals surface area contributed by atoms with Crippen LogP contribution in [-0.4, -0.2) is 10.2 Å². The van der Waals surface area contributed by atoms with Gasteiger partial charge in [0.15, 0.2) is 17.5 Å². The molecular formula is C12H12F3N3. The first-order chi connectivity index (χ1) is 8.56. The molecule has 0 saturated heterocycles. The summed E-state index contributed by atoms with van der Waals surface area (Å²) < 4.78 is 39.7. The van der Waals surface area contributed by atoms with Crippen molar-refractivity contribution in [2.45, 2.75) is 19.8 Å². The van der Waals surface area contributed by atoms with Crippen molar-refractivity contribution >= 4 is 5.82 Å². The molecule has 6 heteroatoms. The van der Waals surface area contributed by atoms with Crippen molar-refractivity contribution in [3.8, 4) is 11.3 Å². The van der Waals surface area contributed by atoms with Crippen LogP contribution < -0.4 is 5.73 Å². The molecule has 1 aromatic carbocycles. The normalized spacial score (nSPS) is 10.9. The second kappa shape index (κ2) is 4.72. The second-order valence-corrected chi connectivity index (χ2v) is 3.94. The third-order valence-corrected chi connectivity index (χ3v) is 2.70. The summed E-state index contributed by atoms with van der Waals surface area (Å²) in [5.41, 5.74) is 6.49. The lowest BCUT2D eigenvalue weighted by Crippen LogP contribution is -1.97. The topological polar surface area (TPSA) is 54.7 Å². The minimum absolute atomic E-state index is 0.0680. The average molecular weight is 255 g/mol. The van der Waals surface area contributed by atoms with Gasteiger partial charge in [0.2, 0.25) is 0 Å². The monoisotopic (exact) mass is 255 g/mol. The molecule has 2 aromatic rings. The van der Waals surface area contributed by atoms with E-state index in [9.17, 15) is 13.2 Å². The zero-order valence-electron chi connectivity index (χ0n) is 9.73. The summed E-state index contributed by atoms with van der Waals surface area (Å²) in [4.78, 5) is 0. The zero-order valence-corrected chi connectivity index (χ0v) is 9.73. The maximum atomic E-state index is 13.7. The lowest BCUT2D eigenvalue weighted by molar-refractivity contribution is 0.448. The second-order valence-electron chi connectivity index (χ2n) is 3.94. The molecule has 0 unspecified atom stereocenters. The number of benzene rings is 1. The lowest BCUT2D eigenvalue weighted by Gasteiger charge is -2.05. The van der Waals surface area contributed by atoms with Crippen molar-refractivity contribution in [1.29, 1.82) is 0 Å². The number of hydrogen-bond donors (Lipinski definition) is 2. The fourth-order valence-electron chi connectivity index (χ4n) is 1.82. The summed E-state index contributed by atoms with van der Waals surface area (Å²) in [5.74, 6) is -3.71. The van der Waals surface area contributed by atoms with Crippen LogP contribution in [0.2, 0.25) is 0 Å².